The zero-order valence-electron chi connectivity index (χ0n) is 10.5. The first-order chi connectivity index (χ1) is 8.69. The average molecular weight is 264 g/mol. The Bertz CT molecular complexity index is 455. The van der Waals surface area contributed by atoms with E-state index in [1.807, 2.05) is 0 Å². The van der Waals surface area contributed by atoms with Gasteiger partial charge < -0.3 is 10.1 Å². The van der Waals surface area contributed by atoms with E-state index < -0.39 is 0 Å². The van der Waals surface area contributed by atoms with E-state index in [2.05, 4.69) is 21.0 Å². The molecule has 5 heteroatoms. The summed E-state index contributed by atoms with van der Waals surface area (Å²) in [6.07, 6.45) is 5.15. The first-order valence-electron chi connectivity index (χ1n) is 5.50. The van der Waals surface area contributed by atoms with E-state index in [0.717, 1.165) is 23.9 Å². The fourth-order valence-electron chi connectivity index (χ4n) is 1.37. The lowest BCUT2D eigenvalue weighted by molar-refractivity contribution is 0.0599. The maximum atomic E-state index is 11.4. The van der Waals surface area contributed by atoms with Crippen LogP contribution in [-0.2, 0) is 4.74 Å². The van der Waals surface area contributed by atoms with Crippen molar-refractivity contribution in [2.75, 3.05) is 30.5 Å². The van der Waals surface area contributed by atoms with Gasteiger partial charge in [-0.2, -0.15) is 0 Å². The number of ether oxygens (including phenoxy) is 1. The van der Waals surface area contributed by atoms with Gasteiger partial charge in [-0.1, -0.05) is 5.92 Å². The van der Waals surface area contributed by atoms with Crippen LogP contribution in [0.25, 0.3) is 0 Å². The van der Waals surface area contributed by atoms with Crippen molar-refractivity contribution in [2.24, 2.45) is 0 Å². The van der Waals surface area contributed by atoms with Crippen LogP contribution in [0.3, 0.4) is 0 Å². The molecule has 0 atom stereocenters. The van der Waals surface area contributed by atoms with Crippen molar-refractivity contribution in [1.82, 2.24) is 4.98 Å². The first-order valence-corrected chi connectivity index (χ1v) is 6.65. The molecule has 0 aliphatic heterocycles. The minimum Gasteiger partial charge on any atom is -0.465 e. The number of aromatic nitrogens is 1. The summed E-state index contributed by atoms with van der Waals surface area (Å²) in [4.78, 5) is 15.7. The molecule has 1 aromatic rings. The molecule has 1 rings (SSSR count). The Hall–Kier alpha value is -1.67. The van der Waals surface area contributed by atoms with E-state index >= 15 is 0 Å². The second kappa shape index (κ2) is 7.62. The number of carbonyl (C=O) groups excluding carboxylic acids is 1. The minimum atomic E-state index is -0.365. The molecule has 0 fully saturated rings. The van der Waals surface area contributed by atoms with E-state index in [0.29, 0.717) is 11.3 Å². The van der Waals surface area contributed by atoms with Crippen molar-refractivity contribution in [2.45, 2.75) is 6.92 Å². The van der Waals surface area contributed by atoms with Crippen molar-refractivity contribution in [3.8, 4) is 12.3 Å². The molecule has 0 radical (unpaired) electrons. The monoisotopic (exact) mass is 264 g/mol. The highest BCUT2D eigenvalue weighted by Gasteiger charge is 2.10. The van der Waals surface area contributed by atoms with Crippen LogP contribution in [0.4, 0.5) is 5.82 Å². The summed E-state index contributed by atoms with van der Waals surface area (Å²) in [7, 11) is 1.36. The molecule has 0 aliphatic rings. The molecule has 18 heavy (non-hydrogen) atoms. The molecule has 0 unspecified atom stereocenters. The van der Waals surface area contributed by atoms with E-state index in [1.54, 1.807) is 30.8 Å². The highest BCUT2D eigenvalue weighted by atomic mass is 32.2. The van der Waals surface area contributed by atoms with Gasteiger partial charge >= 0.3 is 5.97 Å². The predicted molar refractivity (Wildman–Crippen MR) is 75.0 cm³/mol. The zero-order valence-corrected chi connectivity index (χ0v) is 11.3. The number of carbonyl (C=O) groups is 1. The molecule has 1 aromatic heterocycles. The number of nitrogens with zero attached hydrogens (tertiary/aromatic N) is 1. The van der Waals surface area contributed by atoms with Crippen LogP contribution in [0.15, 0.2) is 12.1 Å². The minimum absolute atomic E-state index is 0.365. The molecule has 0 saturated heterocycles. The van der Waals surface area contributed by atoms with Crippen LogP contribution >= 0.6 is 11.8 Å². The summed E-state index contributed by atoms with van der Waals surface area (Å²) < 4.78 is 4.66. The van der Waals surface area contributed by atoms with Crippen LogP contribution in [0.1, 0.15) is 16.1 Å². The molecule has 0 aliphatic carbocycles. The second-order valence-electron chi connectivity index (χ2n) is 3.50. The van der Waals surface area contributed by atoms with Crippen molar-refractivity contribution in [1.29, 1.82) is 0 Å². The molecule has 0 bridgehead atoms. The molecule has 1 heterocycles. The van der Waals surface area contributed by atoms with Crippen LogP contribution in [-0.4, -0.2) is 36.1 Å². The summed E-state index contributed by atoms with van der Waals surface area (Å²) in [5.41, 5.74) is 1.15. The highest BCUT2D eigenvalue weighted by Crippen LogP contribution is 2.11. The average Bonchev–Trinajstić information content (AvgIpc) is 2.38. The van der Waals surface area contributed by atoms with Gasteiger partial charge in [0.2, 0.25) is 0 Å². The Morgan fingerprint density at radius 2 is 2.39 bits per heavy atom. The van der Waals surface area contributed by atoms with Gasteiger partial charge in [0.1, 0.15) is 5.82 Å². The molecular weight excluding hydrogens is 248 g/mol. The number of methoxy groups -OCH3 is 1. The van der Waals surface area contributed by atoms with E-state index in [9.17, 15) is 4.79 Å². The van der Waals surface area contributed by atoms with Gasteiger partial charge in [0.05, 0.1) is 24.1 Å². The van der Waals surface area contributed by atoms with Crippen molar-refractivity contribution in [3.63, 3.8) is 0 Å². The lowest BCUT2D eigenvalue weighted by atomic mass is 10.2. The number of terminal acetylenes is 1. The van der Waals surface area contributed by atoms with Gasteiger partial charge in [0, 0.05) is 12.3 Å². The van der Waals surface area contributed by atoms with Gasteiger partial charge in [-0.25, -0.2) is 9.78 Å². The quantitative estimate of drug-likeness (QED) is 0.483. The Morgan fingerprint density at radius 3 is 3.00 bits per heavy atom. The van der Waals surface area contributed by atoms with Crippen LogP contribution in [0, 0.1) is 19.3 Å². The fraction of sp³-hybridized carbons (Fsp3) is 0.385. The van der Waals surface area contributed by atoms with Crippen molar-refractivity contribution < 1.29 is 9.53 Å². The maximum absolute atomic E-state index is 11.4. The molecule has 1 N–H and O–H groups in total. The first kappa shape index (κ1) is 14.4. The summed E-state index contributed by atoms with van der Waals surface area (Å²) in [6.45, 7) is 2.57. The number of hydrogen-bond donors (Lipinski definition) is 1. The topological polar surface area (TPSA) is 51.2 Å². The number of anilines is 1. The molecule has 96 valence electrons. The number of hydrogen-bond acceptors (Lipinski definition) is 5. The van der Waals surface area contributed by atoms with Crippen molar-refractivity contribution in [3.05, 3.63) is 23.4 Å². The normalized spacial score (nSPS) is 9.61. The zero-order chi connectivity index (χ0) is 13.4. The third-order valence-corrected chi connectivity index (χ3v) is 3.09. The van der Waals surface area contributed by atoms with E-state index in [-0.39, 0.29) is 5.97 Å². The molecule has 0 aromatic carbocycles. The largest absolute Gasteiger partial charge is 0.465 e. The third kappa shape index (κ3) is 4.30. The molecule has 0 spiro atoms. The number of pyridine rings is 1. The Morgan fingerprint density at radius 1 is 1.61 bits per heavy atom. The fourth-order valence-corrected chi connectivity index (χ4v) is 1.88. The maximum Gasteiger partial charge on any atom is 0.339 e. The molecule has 0 saturated carbocycles. The lowest BCUT2D eigenvalue weighted by Crippen LogP contribution is -2.09. The molecule has 4 nitrogen and oxygen atoms in total. The van der Waals surface area contributed by atoms with Gasteiger partial charge in [0.25, 0.3) is 0 Å². The van der Waals surface area contributed by atoms with Gasteiger partial charge in [-0.05, 0) is 19.1 Å². The van der Waals surface area contributed by atoms with Crippen LogP contribution in [0.5, 0.6) is 0 Å². The number of rotatable bonds is 6. The smallest absolute Gasteiger partial charge is 0.339 e. The highest BCUT2D eigenvalue weighted by molar-refractivity contribution is 7.99. The Kier molecular flexibility index (Phi) is 6.09. The Balaban J connectivity index is 2.52. The number of esters is 1. The molecular formula is C13H16N2O2S. The van der Waals surface area contributed by atoms with E-state index in [4.69, 9.17) is 6.42 Å². The predicted octanol–water partition coefficient (Wildman–Crippen LogP) is 1.95. The Labute approximate surface area is 112 Å². The van der Waals surface area contributed by atoms with Gasteiger partial charge in [-0.15, -0.1) is 18.2 Å². The van der Waals surface area contributed by atoms with Crippen molar-refractivity contribution >= 4 is 23.5 Å². The number of thioether (sulfide) groups is 1. The van der Waals surface area contributed by atoms with Crippen LogP contribution < -0.4 is 5.32 Å². The number of aryl methyl sites for hydroxylation is 1. The second-order valence-corrected chi connectivity index (χ2v) is 4.61. The third-order valence-electron chi connectivity index (χ3n) is 2.23. The van der Waals surface area contributed by atoms with Gasteiger partial charge in [-0.3, -0.25) is 0 Å². The van der Waals surface area contributed by atoms with Gasteiger partial charge in [0.15, 0.2) is 0 Å². The standard InChI is InChI=1S/C13H16N2O2S/c1-4-8-18-9-7-14-12-6-5-11(10(2)15-12)13(16)17-3/h1,5-6H,7-9H2,2-3H3,(H,14,15). The van der Waals surface area contributed by atoms with E-state index in [1.165, 1.54) is 7.11 Å². The summed E-state index contributed by atoms with van der Waals surface area (Å²) in [6, 6.07) is 3.48. The SMILES string of the molecule is C#CCSCCNc1ccc(C(=O)OC)c(C)n1. The number of nitrogens with one attached hydrogen (secondary N) is 1. The summed E-state index contributed by atoms with van der Waals surface area (Å²) in [5.74, 6) is 4.59. The lowest BCUT2D eigenvalue weighted by Gasteiger charge is -2.08. The molecule has 0 amide bonds. The van der Waals surface area contributed by atoms with Crippen LogP contribution in [0.2, 0.25) is 0 Å². The summed E-state index contributed by atoms with van der Waals surface area (Å²) in [5, 5.41) is 3.18. The summed E-state index contributed by atoms with van der Waals surface area (Å²) >= 11 is 1.69.